The first-order valence-electron chi connectivity index (χ1n) is 6.74. The maximum absolute atomic E-state index is 11.3. The summed E-state index contributed by atoms with van der Waals surface area (Å²) in [7, 11) is -10.00. The molecule has 0 rings (SSSR count). The Kier molecular flexibility index (Phi) is 11.4. The molecule has 0 spiro atoms. The Morgan fingerprint density at radius 3 is 2.41 bits per heavy atom. The minimum atomic E-state index is -5.13. The van der Waals surface area contributed by atoms with Gasteiger partial charge in [-0.25, -0.2) is 9.13 Å². The van der Waals surface area contributed by atoms with E-state index in [1.165, 1.54) is 6.08 Å². The van der Waals surface area contributed by atoms with Gasteiger partial charge in [0.1, 0.15) is 6.10 Å². The van der Waals surface area contributed by atoms with Gasteiger partial charge in [0.2, 0.25) is 0 Å². The molecule has 0 aromatic rings. The van der Waals surface area contributed by atoms with E-state index in [9.17, 15) is 14.0 Å². The molecule has 11 heteroatoms. The van der Waals surface area contributed by atoms with Gasteiger partial charge in [0.15, 0.2) is 0 Å². The van der Waals surface area contributed by atoms with Crippen molar-refractivity contribution >= 4 is 15.6 Å². The second kappa shape index (κ2) is 11.5. The molecule has 0 aliphatic heterocycles. The molecule has 2 unspecified atom stereocenters. The fraction of sp³-hybridized carbons (Fsp3) is 0.818. The summed E-state index contributed by atoms with van der Waals surface area (Å²) in [4.78, 5) is 26.2. The van der Waals surface area contributed by atoms with E-state index in [1.807, 2.05) is 6.92 Å². The number of ether oxygens (including phenoxy) is 2. The molecule has 0 aromatic carbocycles. The predicted octanol–water partition coefficient (Wildman–Crippen LogP) is 1.99. The highest BCUT2D eigenvalue weighted by atomic mass is 31.3. The average molecular weight is 362 g/mol. The molecule has 3 N–H and O–H groups in total. The first kappa shape index (κ1) is 21.9. The monoisotopic (exact) mass is 362 g/mol. The molecule has 2 atom stereocenters. The van der Waals surface area contributed by atoms with Crippen molar-refractivity contribution in [1.29, 1.82) is 0 Å². The molecule has 22 heavy (non-hydrogen) atoms. The fourth-order valence-corrected chi connectivity index (χ4v) is 2.98. The SMILES string of the molecule is C=CCOCC(COP(=O)(O)OP(=O)(O)O)OCCCCC. The van der Waals surface area contributed by atoms with E-state index in [1.54, 1.807) is 0 Å². The summed E-state index contributed by atoms with van der Waals surface area (Å²) in [6.07, 6.45) is 3.66. The van der Waals surface area contributed by atoms with Gasteiger partial charge in [-0.05, 0) is 6.42 Å². The Labute approximate surface area is 130 Å². The zero-order chi connectivity index (χ0) is 17.1. The van der Waals surface area contributed by atoms with Crippen molar-refractivity contribution in [1.82, 2.24) is 0 Å². The molecular formula is C11H24O9P2. The van der Waals surface area contributed by atoms with E-state index in [-0.39, 0.29) is 13.2 Å². The van der Waals surface area contributed by atoms with E-state index >= 15 is 0 Å². The van der Waals surface area contributed by atoms with Crippen LogP contribution in [0.4, 0.5) is 0 Å². The number of phosphoric ester groups is 1. The van der Waals surface area contributed by atoms with Gasteiger partial charge >= 0.3 is 15.6 Å². The molecule has 132 valence electrons. The quantitative estimate of drug-likeness (QED) is 0.241. The fourth-order valence-electron chi connectivity index (χ4n) is 1.36. The summed E-state index contributed by atoms with van der Waals surface area (Å²) in [5.41, 5.74) is 0. The third-order valence-corrected chi connectivity index (χ3v) is 4.43. The van der Waals surface area contributed by atoms with Crippen molar-refractivity contribution in [2.45, 2.75) is 32.3 Å². The molecule has 0 fully saturated rings. The van der Waals surface area contributed by atoms with Gasteiger partial charge < -0.3 is 24.2 Å². The third kappa shape index (κ3) is 13.6. The summed E-state index contributed by atoms with van der Waals surface area (Å²) < 4.78 is 40.7. The van der Waals surface area contributed by atoms with Gasteiger partial charge in [0.05, 0.1) is 19.8 Å². The van der Waals surface area contributed by atoms with Crippen LogP contribution in [0, 0.1) is 0 Å². The standard InChI is InChI=1S/C11H24O9P2/c1-3-5-6-8-18-11(9-17-7-4-2)10-19-22(15,16)20-21(12,13)14/h4,11H,2-3,5-10H2,1H3,(H,15,16)(H2,12,13,14). The lowest BCUT2D eigenvalue weighted by Gasteiger charge is -2.19. The van der Waals surface area contributed by atoms with Crippen LogP contribution in [0.2, 0.25) is 0 Å². The van der Waals surface area contributed by atoms with E-state index in [0.717, 1.165) is 19.3 Å². The summed E-state index contributed by atoms with van der Waals surface area (Å²) in [5.74, 6) is 0. The molecule has 0 bridgehead atoms. The zero-order valence-electron chi connectivity index (χ0n) is 12.5. The molecule has 0 amide bonds. The van der Waals surface area contributed by atoms with Crippen molar-refractivity contribution in [2.75, 3.05) is 26.4 Å². The largest absolute Gasteiger partial charge is 0.481 e. The van der Waals surface area contributed by atoms with Crippen LogP contribution in [0.15, 0.2) is 12.7 Å². The molecule has 0 radical (unpaired) electrons. The summed E-state index contributed by atoms with van der Waals surface area (Å²) in [5, 5.41) is 0. The predicted molar refractivity (Wildman–Crippen MR) is 79.2 cm³/mol. The maximum Gasteiger partial charge on any atom is 0.481 e. The second-order valence-electron chi connectivity index (χ2n) is 4.36. The van der Waals surface area contributed by atoms with E-state index in [0.29, 0.717) is 6.61 Å². The normalized spacial score (nSPS) is 16.2. The van der Waals surface area contributed by atoms with Crippen LogP contribution in [0.1, 0.15) is 26.2 Å². The average Bonchev–Trinajstić information content (AvgIpc) is 2.37. The molecule has 0 aliphatic carbocycles. The minimum Gasteiger partial charge on any atom is -0.375 e. The van der Waals surface area contributed by atoms with Crippen LogP contribution >= 0.6 is 15.6 Å². The Morgan fingerprint density at radius 2 is 1.86 bits per heavy atom. The molecule has 0 aliphatic rings. The van der Waals surface area contributed by atoms with E-state index in [2.05, 4.69) is 15.4 Å². The molecule has 9 nitrogen and oxygen atoms in total. The highest BCUT2D eigenvalue weighted by Crippen LogP contribution is 2.57. The lowest BCUT2D eigenvalue weighted by Crippen LogP contribution is -2.26. The number of rotatable bonds is 14. The molecular weight excluding hydrogens is 338 g/mol. The van der Waals surface area contributed by atoms with Crippen molar-refractivity contribution < 1.29 is 42.1 Å². The van der Waals surface area contributed by atoms with Gasteiger partial charge in [-0.3, -0.25) is 4.52 Å². The Hall–Kier alpha value is -0.0800. The van der Waals surface area contributed by atoms with Crippen LogP contribution in [0.5, 0.6) is 0 Å². The van der Waals surface area contributed by atoms with E-state index < -0.39 is 28.4 Å². The summed E-state index contributed by atoms with van der Waals surface area (Å²) in [6, 6.07) is 0. The maximum atomic E-state index is 11.3. The lowest BCUT2D eigenvalue weighted by atomic mass is 10.3. The number of hydrogen-bond acceptors (Lipinski definition) is 6. The topological polar surface area (TPSA) is 132 Å². The number of unbranched alkanes of at least 4 members (excludes halogenated alkanes) is 2. The number of phosphoric acid groups is 2. The van der Waals surface area contributed by atoms with Crippen molar-refractivity contribution in [3.8, 4) is 0 Å². The van der Waals surface area contributed by atoms with Gasteiger partial charge in [-0.15, -0.1) is 6.58 Å². The second-order valence-corrected chi connectivity index (χ2v) is 7.19. The first-order valence-corrected chi connectivity index (χ1v) is 9.77. The smallest absolute Gasteiger partial charge is 0.375 e. The summed E-state index contributed by atoms with van der Waals surface area (Å²) >= 11 is 0. The van der Waals surface area contributed by atoms with Crippen LogP contribution < -0.4 is 0 Å². The van der Waals surface area contributed by atoms with Gasteiger partial charge in [-0.1, -0.05) is 25.8 Å². The first-order chi connectivity index (χ1) is 10.2. The van der Waals surface area contributed by atoms with Gasteiger partial charge in [0, 0.05) is 6.61 Å². The van der Waals surface area contributed by atoms with Crippen molar-refractivity contribution in [2.24, 2.45) is 0 Å². The highest BCUT2D eigenvalue weighted by Gasteiger charge is 2.33. The molecule has 0 saturated heterocycles. The van der Waals surface area contributed by atoms with Crippen molar-refractivity contribution in [3.05, 3.63) is 12.7 Å². The molecule has 0 saturated carbocycles. The van der Waals surface area contributed by atoms with Crippen LogP contribution in [-0.2, 0) is 27.4 Å². The van der Waals surface area contributed by atoms with Crippen LogP contribution in [0.25, 0.3) is 0 Å². The van der Waals surface area contributed by atoms with E-state index in [4.69, 9.17) is 19.3 Å². The molecule has 0 heterocycles. The van der Waals surface area contributed by atoms with Gasteiger partial charge in [0.25, 0.3) is 0 Å². The van der Waals surface area contributed by atoms with Gasteiger partial charge in [-0.2, -0.15) is 4.31 Å². The minimum absolute atomic E-state index is 0.0774. The number of hydrogen-bond donors (Lipinski definition) is 3. The van der Waals surface area contributed by atoms with Crippen LogP contribution in [-0.4, -0.2) is 47.2 Å². The Morgan fingerprint density at radius 1 is 1.18 bits per heavy atom. The van der Waals surface area contributed by atoms with Crippen LogP contribution in [0.3, 0.4) is 0 Å². The Balaban J connectivity index is 4.32. The lowest BCUT2D eigenvalue weighted by molar-refractivity contribution is -0.0374. The zero-order valence-corrected chi connectivity index (χ0v) is 14.3. The Bertz CT molecular complexity index is 395. The third-order valence-electron chi connectivity index (χ3n) is 2.27. The summed E-state index contributed by atoms with van der Waals surface area (Å²) in [6.45, 7) is 5.87. The van der Waals surface area contributed by atoms with Crippen molar-refractivity contribution in [3.63, 3.8) is 0 Å². The highest BCUT2D eigenvalue weighted by molar-refractivity contribution is 7.60. The molecule has 0 aromatic heterocycles.